The molecule has 2 aromatic rings. The highest BCUT2D eigenvalue weighted by molar-refractivity contribution is 6.28. The van der Waals surface area contributed by atoms with Crippen LogP contribution in [0.4, 0.5) is 0 Å². The van der Waals surface area contributed by atoms with Crippen molar-refractivity contribution in [3.8, 4) is 5.75 Å². The van der Waals surface area contributed by atoms with Gasteiger partial charge in [-0.2, -0.15) is 0 Å². The van der Waals surface area contributed by atoms with Gasteiger partial charge in [-0.25, -0.2) is 4.79 Å². The van der Waals surface area contributed by atoms with Gasteiger partial charge in [0, 0.05) is 5.56 Å². The van der Waals surface area contributed by atoms with Crippen LogP contribution in [0, 0.1) is 0 Å². The third-order valence-electron chi connectivity index (χ3n) is 3.44. The molecule has 4 heteroatoms. The number of ketones is 1. The number of phenols is 1. The minimum absolute atomic E-state index is 0.142. The summed E-state index contributed by atoms with van der Waals surface area (Å²) in [5, 5.41) is 10.1. The van der Waals surface area contributed by atoms with Crippen molar-refractivity contribution in [3.05, 3.63) is 64.7 Å². The summed E-state index contributed by atoms with van der Waals surface area (Å²) in [5.74, 6) is -0.850. The minimum Gasteiger partial charge on any atom is -0.507 e. The predicted octanol–water partition coefficient (Wildman–Crippen LogP) is 2.65. The molecule has 0 saturated carbocycles. The number of hydrogen-bond acceptors (Lipinski definition) is 4. The van der Waals surface area contributed by atoms with E-state index in [1.807, 2.05) is 6.07 Å². The quantitative estimate of drug-likeness (QED) is 0.693. The smallest absolute Gasteiger partial charge is 0.338 e. The average Bonchev–Trinajstić information content (AvgIpc) is 2.50. The molecule has 4 nitrogen and oxygen atoms in total. The number of benzene rings is 2. The molecule has 3 rings (SSSR count). The van der Waals surface area contributed by atoms with Crippen LogP contribution >= 0.6 is 0 Å². The van der Waals surface area contributed by atoms with Gasteiger partial charge in [0.05, 0.1) is 18.2 Å². The second-order valence-corrected chi connectivity index (χ2v) is 4.70. The number of hydrogen-bond donors (Lipinski definition) is 1. The molecule has 0 fully saturated rings. The van der Waals surface area contributed by atoms with Gasteiger partial charge >= 0.3 is 5.97 Å². The number of carbonyl (C=O) groups is 2. The van der Waals surface area contributed by atoms with Crippen LogP contribution in [-0.2, 0) is 9.53 Å². The number of ether oxygens (including phenoxy) is 1. The normalized spacial score (nSPS) is 12.0. The van der Waals surface area contributed by atoms with Crippen LogP contribution in [0.1, 0.15) is 27.0 Å². The van der Waals surface area contributed by atoms with Crippen LogP contribution in [-0.4, -0.2) is 24.0 Å². The summed E-state index contributed by atoms with van der Waals surface area (Å²) in [5.41, 5.74) is 2.47. The lowest BCUT2D eigenvalue weighted by atomic mass is 9.85. The van der Waals surface area contributed by atoms with Gasteiger partial charge in [-0.1, -0.05) is 30.3 Å². The lowest BCUT2D eigenvalue weighted by Gasteiger charge is -2.19. The SMILES string of the molecule is COC(=O)C1=Cc2cc(C(=O)c3ccccc3)c(O)cc21. The summed E-state index contributed by atoms with van der Waals surface area (Å²) in [6, 6.07) is 11.7. The van der Waals surface area contributed by atoms with Crippen LogP contribution < -0.4 is 0 Å². The number of fused-ring (bicyclic) bond motifs is 1. The third kappa shape index (κ3) is 2.10. The van der Waals surface area contributed by atoms with Gasteiger partial charge < -0.3 is 9.84 Å². The zero-order valence-electron chi connectivity index (χ0n) is 11.3. The van der Waals surface area contributed by atoms with Crippen molar-refractivity contribution in [2.24, 2.45) is 0 Å². The maximum Gasteiger partial charge on any atom is 0.338 e. The molecule has 0 saturated heterocycles. The average molecular weight is 280 g/mol. The Morgan fingerprint density at radius 3 is 2.48 bits per heavy atom. The molecule has 2 aromatic carbocycles. The Morgan fingerprint density at radius 2 is 1.81 bits per heavy atom. The van der Waals surface area contributed by atoms with E-state index in [1.54, 1.807) is 36.4 Å². The standard InChI is InChI=1S/C17H12O4/c1-21-17(20)13-7-11-8-14(15(18)9-12(11)13)16(19)10-5-3-2-4-6-10/h2-9,18H,1H3. The van der Waals surface area contributed by atoms with E-state index >= 15 is 0 Å². The molecule has 104 valence electrons. The molecule has 0 radical (unpaired) electrons. The van der Waals surface area contributed by atoms with Gasteiger partial charge in [0.25, 0.3) is 0 Å². The van der Waals surface area contributed by atoms with Gasteiger partial charge in [0.15, 0.2) is 5.78 Å². The fraction of sp³-hybridized carbons (Fsp3) is 0.0588. The van der Waals surface area contributed by atoms with E-state index < -0.39 is 5.97 Å². The van der Waals surface area contributed by atoms with Crippen molar-refractivity contribution in [1.82, 2.24) is 0 Å². The van der Waals surface area contributed by atoms with Crippen molar-refractivity contribution >= 4 is 23.4 Å². The maximum atomic E-state index is 12.4. The molecule has 0 heterocycles. The van der Waals surface area contributed by atoms with E-state index in [-0.39, 0.29) is 17.1 Å². The van der Waals surface area contributed by atoms with E-state index in [0.717, 1.165) is 5.56 Å². The molecule has 0 amide bonds. The van der Waals surface area contributed by atoms with Gasteiger partial charge in [0.1, 0.15) is 5.75 Å². The van der Waals surface area contributed by atoms with Crippen molar-refractivity contribution in [3.63, 3.8) is 0 Å². The summed E-state index contributed by atoms with van der Waals surface area (Å²) >= 11 is 0. The Morgan fingerprint density at radius 1 is 1.10 bits per heavy atom. The van der Waals surface area contributed by atoms with Crippen LogP contribution in [0.15, 0.2) is 42.5 Å². The first-order chi connectivity index (χ1) is 10.1. The number of phenolic OH excluding ortho intramolecular Hbond substituents is 1. The zero-order chi connectivity index (χ0) is 15.0. The fourth-order valence-electron chi connectivity index (χ4n) is 2.32. The van der Waals surface area contributed by atoms with Crippen LogP contribution in [0.2, 0.25) is 0 Å². The molecule has 0 aliphatic heterocycles. The summed E-state index contributed by atoms with van der Waals surface area (Å²) in [7, 11) is 1.30. The fourth-order valence-corrected chi connectivity index (χ4v) is 2.32. The monoisotopic (exact) mass is 280 g/mol. The maximum absolute atomic E-state index is 12.4. The molecule has 1 N–H and O–H groups in total. The molecule has 0 atom stereocenters. The Bertz CT molecular complexity index is 773. The molecule has 0 unspecified atom stereocenters. The minimum atomic E-state index is -0.455. The number of carbonyl (C=O) groups excluding carboxylic acids is 2. The highest BCUT2D eigenvalue weighted by atomic mass is 16.5. The Kier molecular flexibility index (Phi) is 3.06. The molecule has 0 bridgehead atoms. The Labute approximate surface area is 121 Å². The lowest BCUT2D eigenvalue weighted by Crippen LogP contribution is -2.12. The highest BCUT2D eigenvalue weighted by Gasteiger charge is 2.26. The first kappa shape index (κ1) is 13.1. The van der Waals surface area contributed by atoms with Gasteiger partial charge in [-0.3, -0.25) is 4.79 Å². The number of esters is 1. The summed E-state index contributed by atoms with van der Waals surface area (Å²) in [6.07, 6.45) is 1.64. The molecule has 1 aliphatic rings. The first-order valence-electron chi connectivity index (χ1n) is 6.39. The van der Waals surface area contributed by atoms with E-state index in [9.17, 15) is 14.7 Å². The van der Waals surface area contributed by atoms with Gasteiger partial charge in [0.2, 0.25) is 0 Å². The second kappa shape index (κ2) is 4.90. The molecular weight excluding hydrogens is 268 g/mol. The van der Waals surface area contributed by atoms with E-state index in [4.69, 9.17) is 0 Å². The third-order valence-corrected chi connectivity index (χ3v) is 3.44. The molecular formula is C17H12O4. The van der Waals surface area contributed by atoms with E-state index in [2.05, 4.69) is 4.74 Å². The summed E-state index contributed by atoms with van der Waals surface area (Å²) in [4.78, 5) is 23.8. The van der Waals surface area contributed by atoms with Crippen LogP contribution in [0.5, 0.6) is 5.75 Å². The van der Waals surface area contributed by atoms with E-state index in [1.165, 1.54) is 13.2 Å². The van der Waals surface area contributed by atoms with Crippen molar-refractivity contribution in [2.75, 3.05) is 7.11 Å². The molecule has 1 aliphatic carbocycles. The first-order valence-corrected chi connectivity index (χ1v) is 6.39. The topological polar surface area (TPSA) is 63.6 Å². The highest BCUT2D eigenvalue weighted by Crippen LogP contribution is 2.38. The number of aromatic hydroxyl groups is 1. The lowest BCUT2D eigenvalue weighted by molar-refractivity contribution is -0.133. The molecule has 21 heavy (non-hydrogen) atoms. The predicted molar refractivity (Wildman–Crippen MR) is 77.9 cm³/mol. The van der Waals surface area contributed by atoms with Crippen LogP contribution in [0.25, 0.3) is 11.6 Å². The summed E-state index contributed by atoms with van der Waals surface area (Å²) < 4.78 is 4.64. The van der Waals surface area contributed by atoms with Crippen LogP contribution in [0.3, 0.4) is 0 Å². The largest absolute Gasteiger partial charge is 0.507 e. The van der Waals surface area contributed by atoms with Crippen molar-refractivity contribution in [2.45, 2.75) is 0 Å². The Balaban J connectivity index is 1.98. The number of methoxy groups -OCH3 is 1. The van der Waals surface area contributed by atoms with Crippen molar-refractivity contribution in [1.29, 1.82) is 0 Å². The molecule has 0 aromatic heterocycles. The van der Waals surface area contributed by atoms with E-state index in [0.29, 0.717) is 16.7 Å². The van der Waals surface area contributed by atoms with Crippen molar-refractivity contribution < 1.29 is 19.4 Å². The molecule has 0 spiro atoms. The summed E-state index contributed by atoms with van der Waals surface area (Å²) in [6.45, 7) is 0. The zero-order valence-corrected chi connectivity index (χ0v) is 11.3. The Hall–Kier alpha value is -2.88. The number of rotatable bonds is 3. The van der Waals surface area contributed by atoms with Gasteiger partial charge in [-0.05, 0) is 29.3 Å². The second-order valence-electron chi connectivity index (χ2n) is 4.70. The van der Waals surface area contributed by atoms with Gasteiger partial charge in [-0.15, -0.1) is 0 Å².